The maximum atomic E-state index is 8.13. The minimum Gasteiger partial charge on any atom is -0.368 e. The van der Waals surface area contributed by atoms with Crippen molar-refractivity contribution in [3.63, 3.8) is 0 Å². The van der Waals surface area contributed by atoms with Crippen molar-refractivity contribution >= 4 is 11.8 Å². The largest absolute Gasteiger partial charge is 0.368 e. The summed E-state index contributed by atoms with van der Waals surface area (Å²) >= 11 is 1.13. The third kappa shape index (κ3) is 15.1. The molecule has 1 aromatic carbocycles. The number of aromatic nitrogens is 4. The molecule has 0 saturated heterocycles. The summed E-state index contributed by atoms with van der Waals surface area (Å²) in [6.45, 7) is 8.46. The van der Waals surface area contributed by atoms with E-state index in [2.05, 4.69) is 58.0 Å². The SMILES string of the molecule is CC(C)c1ccccc1.Cc1ccc[nH]1.Cc1ccc[nH]1.N#CSc1ccc[nH]1.c1cc[nH]c1. The second kappa shape index (κ2) is 18.7. The molecular weight excluding hydrogens is 438 g/mol. The first kappa shape index (κ1) is 28.2. The number of nitriles is 1. The topological polar surface area (TPSA) is 86.9 Å². The molecule has 0 atom stereocenters. The first-order chi connectivity index (χ1) is 16.5. The molecule has 0 radical (unpaired) electrons. The predicted octanol–water partition coefficient (Wildman–Crippen LogP) is 8.06. The van der Waals surface area contributed by atoms with Crippen molar-refractivity contribution in [2.24, 2.45) is 0 Å². The van der Waals surface area contributed by atoms with E-state index < -0.39 is 0 Å². The molecule has 34 heavy (non-hydrogen) atoms. The van der Waals surface area contributed by atoms with Gasteiger partial charge in [-0.25, -0.2) is 0 Å². The molecule has 0 aliphatic carbocycles. The number of hydrogen-bond donors (Lipinski definition) is 4. The normalized spacial score (nSPS) is 8.94. The Morgan fingerprint density at radius 3 is 1.44 bits per heavy atom. The summed E-state index contributed by atoms with van der Waals surface area (Å²) in [6, 6.07) is 26.1. The van der Waals surface area contributed by atoms with Crippen LogP contribution in [0, 0.1) is 24.5 Å². The van der Waals surface area contributed by atoms with Crippen LogP contribution in [0.25, 0.3) is 0 Å². The van der Waals surface area contributed by atoms with Crippen LogP contribution in [0.2, 0.25) is 0 Å². The monoisotopic (exact) mass is 473 g/mol. The molecule has 5 nitrogen and oxygen atoms in total. The van der Waals surface area contributed by atoms with Gasteiger partial charge in [0.2, 0.25) is 0 Å². The summed E-state index contributed by atoms with van der Waals surface area (Å²) in [5.74, 6) is 0.659. The zero-order valence-electron chi connectivity index (χ0n) is 20.3. The van der Waals surface area contributed by atoms with Crippen molar-refractivity contribution in [1.29, 1.82) is 5.26 Å². The molecule has 0 unspecified atom stereocenters. The van der Waals surface area contributed by atoms with E-state index >= 15 is 0 Å². The van der Waals surface area contributed by atoms with Crippen molar-refractivity contribution in [1.82, 2.24) is 19.9 Å². The Morgan fingerprint density at radius 2 is 1.18 bits per heavy atom. The molecule has 4 N–H and O–H groups in total. The van der Waals surface area contributed by atoms with Crippen LogP contribution < -0.4 is 0 Å². The van der Waals surface area contributed by atoms with E-state index in [-0.39, 0.29) is 0 Å². The number of aryl methyl sites for hydroxylation is 2. The van der Waals surface area contributed by atoms with E-state index in [1.54, 1.807) is 6.20 Å². The van der Waals surface area contributed by atoms with Gasteiger partial charge in [-0.05, 0) is 73.9 Å². The summed E-state index contributed by atoms with van der Waals surface area (Å²) in [5, 5.41) is 11.0. The zero-order chi connectivity index (χ0) is 24.9. The quantitative estimate of drug-likeness (QED) is 0.154. The van der Waals surface area contributed by atoms with Crippen molar-refractivity contribution in [2.45, 2.75) is 38.6 Å². The lowest BCUT2D eigenvalue weighted by molar-refractivity contribution is 0.867. The van der Waals surface area contributed by atoms with E-state index in [4.69, 9.17) is 5.26 Å². The van der Waals surface area contributed by atoms with Gasteiger partial charge in [0.05, 0.1) is 5.03 Å². The van der Waals surface area contributed by atoms with Gasteiger partial charge < -0.3 is 19.9 Å². The molecule has 0 aliphatic heterocycles. The summed E-state index contributed by atoms with van der Waals surface area (Å²) in [6.07, 6.45) is 9.37. The maximum absolute atomic E-state index is 8.13. The van der Waals surface area contributed by atoms with Crippen molar-refractivity contribution in [3.8, 4) is 5.40 Å². The van der Waals surface area contributed by atoms with Crippen molar-refractivity contribution in [2.75, 3.05) is 0 Å². The molecule has 5 aromatic rings. The third-order valence-electron chi connectivity index (χ3n) is 4.19. The first-order valence-corrected chi connectivity index (χ1v) is 11.9. The number of thiocyanates is 1. The van der Waals surface area contributed by atoms with E-state index in [0.29, 0.717) is 5.92 Å². The molecule has 6 heteroatoms. The van der Waals surface area contributed by atoms with E-state index in [1.807, 2.05) is 98.6 Å². The van der Waals surface area contributed by atoms with Crippen LogP contribution in [-0.4, -0.2) is 19.9 Å². The Labute approximate surface area is 207 Å². The van der Waals surface area contributed by atoms with Gasteiger partial charge in [0, 0.05) is 54.1 Å². The number of thioether (sulfide) groups is 1. The third-order valence-corrected chi connectivity index (χ3v) is 4.76. The van der Waals surface area contributed by atoms with Crippen LogP contribution in [0.3, 0.4) is 0 Å². The molecule has 0 saturated carbocycles. The molecule has 178 valence electrons. The van der Waals surface area contributed by atoms with Crippen LogP contribution in [0.4, 0.5) is 0 Å². The van der Waals surface area contributed by atoms with Gasteiger partial charge in [0.1, 0.15) is 5.40 Å². The van der Waals surface area contributed by atoms with E-state index in [0.717, 1.165) is 16.8 Å². The molecule has 0 fully saturated rings. The average Bonchev–Trinajstić information content (AvgIpc) is 3.65. The summed E-state index contributed by atoms with van der Waals surface area (Å²) in [4.78, 5) is 11.7. The van der Waals surface area contributed by atoms with Crippen molar-refractivity contribution < 1.29 is 0 Å². The van der Waals surface area contributed by atoms with Gasteiger partial charge in [-0.15, -0.1) is 0 Å². The van der Waals surface area contributed by atoms with Gasteiger partial charge in [0.25, 0.3) is 0 Å². The lowest BCUT2D eigenvalue weighted by atomic mass is 10.0. The van der Waals surface area contributed by atoms with Crippen LogP contribution in [0.5, 0.6) is 0 Å². The molecule has 0 bridgehead atoms. The number of rotatable bonds is 2. The minimum atomic E-state index is 0.659. The van der Waals surface area contributed by atoms with Gasteiger partial charge in [-0.2, -0.15) is 5.26 Å². The smallest absolute Gasteiger partial charge is 0.140 e. The van der Waals surface area contributed by atoms with Crippen LogP contribution in [-0.2, 0) is 0 Å². The molecule has 4 heterocycles. The van der Waals surface area contributed by atoms with Crippen LogP contribution in [0.1, 0.15) is 36.7 Å². The van der Waals surface area contributed by atoms with Crippen LogP contribution in [0.15, 0.2) is 115 Å². The molecule has 0 spiro atoms. The summed E-state index contributed by atoms with van der Waals surface area (Å²) in [7, 11) is 0. The molecule has 0 amide bonds. The second-order valence-electron chi connectivity index (χ2n) is 7.38. The highest BCUT2D eigenvalue weighted by atomic mass is 32.2. The predicted molar refractivity (Wildman–Crippen MR) is 145 cm³/mol. The summed E-state index contributed by atoms with van der Waals surface area (Å²) < 4.78 is 0. The first-order valence-electron chi connectivity index (χ1n) is 11.0. The highest BCUT2D eigenvalue weighted by molar-refractivity contribution is 8.03. The Bertz CT molecular complexity index is 1010. The Balaban J connectivity index is 0.000000216. The average molecular weight is 474 g/mol. The number of nitrogens with zero attached hydrogens (tertiary/aromatic N) is 1. The standard InChI is InChI=1S/C9H12.C5H4N2S.2C5H7N.C4H5N/c1-8(2)9-6-4-3-5-7-9;6-4-8-5-2-1-3-7-5;2*1-5-3-2-4-6-5;1-2-4-5-3-1/h3-8H,1-2H3;1-3,7H;2*2-4,6H,1H3;1-5H. The Hall–Kier alpha value is -3.82. The number of nitrogens with one attached hydrogen (secondary N) is 4. The fraction of sp³-hybridized carbons (Fsp3) is 0.179. The fourth-order valence-corrected chi connectivity index (χ4v) is 2.75. The van der Waals surface area contributed by atoms with Gasteiger partial charge >= 0.3 is 0 Å². The Morgan fingerprint density at radius 1 is 0.647 bits per heavy atom. The highest BCUT2D eigenvalue weighted by Gasteiger charge is 1.93. The van der Waals surface area contributed by atoms with E-state index in [9.17, 15) is 0 Å². The summed E-state index contributed by atoms with van der Waals surface area (Å²) in [5.41, 5.74) is 3.85. The molecular formula is C28H35N5S. The molecule has 0 aliphatic rings. The lowest BCUT2D eigenvalue weighted by Crippen LogP contribution is -1.83. The number of aromatic amines is 4. The minimum absolute atomic E-state index is 0.659. The van der Waals surface area contributed by atoms with Gasteiger partial charge in [-0.3, -0.25) is 0 Å². The highest BCUT2D eigenvalue weighted by Crippen LogP contribution is 2.12. The second-order valence-corrected chi connectivity index (χ2v) is 8.21. The van der Waals surface area contributed by atoms with Crippen molar-refractivity contribution in [3.05, 3.63) is 127 Å². The molecule has 4 aromatic heterocycles. The zero-order valence-corrected chi connectivity index (χ0v) is 21.1. The van der Waals surface area contributed by atoms with E-state index in [1.165, 1.54) is 17.0 Å². The Kier molecular flexibility index (Phi) is 15.5. The molecule has 5 rings (SSSR count). The van der Waals surface area contributed by atoms with Gasteiger partial charge in [0.15, 0.2) is 0 Å². The number of hydrogen-bond acceptors (Lipinski definition) is 2. The fourth-order valence-electron chi connectivity index (χ4n) is 2.38. The maximum Gasteiger partial charge on any atom is 0.140 e. The van der Waals surface area contributed by atoms with Gasteiger partial charge in [-0.1, -0.05) is 44.2 Å². The van der Waals surface area contributed by atoms with Crippen LogP contribution >= 0.6 is 11.8 Å². The lowest BCUT2D eigenvalue weighted by Gasteiger charge is -2.01. The number of H-pyrrole nitrogens is 4. The number of benzene rings is 1.